The van der Waals surface area contributed by atoms with Crippen LogP contribution in [0.4, 0.5) is 47.3 Å². The molecule has 0 aliphatic rings. The molecule has 0 amide bonds. The minimum atomic E-state index is -6.11. The first-order valence-corrected chi connectivity index (χ1v) is 17.3. The molecule has 0 saturated carbocycles. The van der Waals surface area contributed by atoms with Crippen molar-refractivity contribution in [1.82, 2.24) is 0 Å². The van der Waals surface area contributed by atoms with E-state index in [1.165, 1.54) is 6.07 Å². The second kappa shape index (κ2) is 12.6. The molecule has 0 radical (unpaired) electrons. The van der Waals surface area contributed by atoms with E-state index in [-0.39, 0.29) is 11.0 Å². The van der Waals surface area contributed by atoms with E-state index in [0.29, 0.717) is 33.1 Å². The highest BCUT2D eigenvalue weighted by Crippen LogP contribution is 2.53. The van der Waals surface area contributed by atoms with Crippen LogP contribution in [0.3, 0.4) is 0 Å². The van der Waals surface area contributed by atoms with Crippen molar-refractivity contribution in [3.63, 3.8) is 0 Å². The molecule has 51 heavy (non-hydrogen) atoms. The molecule has 6 nitrogen and oxygen atoms in total. The van der Waals surface area contributed by atoms with E-state index in [1.807, 2.05) is 149 Å². The van der Waals surface area contributed by atoms with Crippen molar-refractivity contribution in [2.75, 3.05) is 9.80 Å². The van der Waals surface area contributed by atoms with Gasteiger partial charge in [0.1, 0.15) is 0 Å². The van der Waals surface area contributed by atoms with Crippen LogP contribution in [0.15, 0.2) is 168 Å². The Hall–Kier alpha value is -6.26. The Morgan fingerprint density at radius 2 is 0.922 bits per heavy atom. The van der Waals surface area contributed by atoms with Crippen LogP contribution in [0.1, 0.15) is 0 Å². The van der Waals surface area contributed by atoms with Crippen LogP contribution in [0.5, 0.6) is 5.75 Å². The quantitative estimate of drug-likeness (QED) is 0.116. The van der Waals surface area contributed by atoms with Crippen LogP contribution in [0, 0.1) is 0 Å². The largest absolute Gasteiger partial charge is 0.534 e. The number of anilines is 6. The average molecular weight is 701 g/mol. The van der Waals surface area contributed by atoms with Gasteiger partial charge in [-0.2, -0.15) is 21.6 Å². The summed E-state index contributed by atoms with van der Waals surface area (Å²) in [5.41, 5.74) is -1.28. The number of hydrogen-bond acceptors (Lipinski definition) is 6. The number of nitrogens with zero attached hydrogens (tertiary/aromatic N) is 2. The zero-order valence-electron chi connectivity index (χ0n) is 26.7. The van der Waals surface area contributed by atoms with Crippen LogP contribution >= 0.6 is 0 Å². The Kier molecular flexibility index (Phi) is 7.88. The number of furan rings is 1. The first-order valence-electron chi connectivity index (χ1n) is 15.9. The summed E-state index contributed by atoms with van der Waals surface area (Å²) < 4.78 is 79.0. The Labute approximate surface area is 291 Å². The van der Waals surface area contributed by atoms with E-state index >= 15 is 0 Å². The van der Waals surface area contributed by atoms with E-state index in [2.05, 4.69) is 0 Å². The standard InChI is InChI=1S/C41H27F3N2O4S/c42-41(43,44)51(47,48)50-39-33-25-14-13-24-32(33)37(46(30-20-9-3-10-21-30)31-22-11-4-12-23-31)36-34-26-15-27-35(38(34)49-40(36)39)45(28-16-5-1-6-17-28)29-18-7-2-8-19-29/h1-27H. The van der Waals surface area contributed by atoms with E-state index in [0.717, 1.165) is 22.7 Å². The number of para-hydroxylation sites is 5. The third kappa shape index (κ3) is 5.59. The van der Waals surface area contributed by atoms with Crippen molar-refractivity contribution in [1.29, 1.82) is 0 Å². The number of hydrogen-bond donors (Lipinski definition) is 0. The Balaban J connectivity index is 1.55. The maximum absolute atomic E-state index is 14.0. The summed E-state index contributed by atoms with van der Waals surface area (Å²) in [5.74, 6) is -0.559. The second-order valence-electron chi connectivity index (χ2n) is 11.7. The molecule has 0 atom stereocenters. The van der Waals surface area contributed by atoms with Gasteiger partial charge >= 0.3 is 15.6 Å². The van der Waals surface area contributed by atoms with E-state index in [4.69, 9.17) is 8.60 Å². The van der Waals surface area contributed by atoms with Crippen molar-refractivity contribution < 1.29 is 30.2 Å². The van der Waals surface area contributed by atoms with Crippen LogP contribution < -0.4 is 14.0 Å². The smallest absolute Gasteiger partial charge is 0.450 e. The summed E-state index contributed by atoms with van der Waals surface area (Å²) in [6.45, 7) is 0. The fraction of sp³-hybridized carbons (Fsp3) is 0.0244. The number of fused-ring (bicyclic) bond motifs is 4. The van der Waals surface area contributed by atoms with Gasteiger partial charge in [-0.25, -0.2) is 0 Å². The van der Waals surface area contributed by atoms with Crippen LogP contribution in [-0.4, -0.2) is 13.9 Å². The van der Waals surface area contributed by atoms with Crippen molar-refractivity contribution in [3.8, 4) is 5.75 Å². The Morgan fingerprint density at radius 3 is 1.41 bits per heavy atom. The van der Waals surface area contributed by atoms with Gasteiger partial charge in [-0.1, -0.05) is 109 Å². The molecule has 0 aliphatic heterocycles. The summed E-state index contributed by atoms with van der Waals surface area (Å²) in [6, 6.07) is 50.3. The van der Waals surface area contributed by atoms with Gasteiger partial charge in [-0.05, 0) is 54.6 Å². The highest BCUT2D eigenvalue weighted by Gasteiger charge is 2.49. The van der Waals surface area contributed by atoms with Crippen molar-refractivity contribution >= 4 is 77.0 Å². The van der Waals surface area contributed by atoms with Gasteiger partial charge in [0.15, 0.2) is 16.9 Å². The predicted octanol–water partition coefficient (Wildman–Crippen LogP) is 11.9. The molecule has 0 bridgehead atoms. The zero-order chi connectivity index (χ0) is 35.2. The predicted molar refractivity (Wildman–Crippen MR) is 196 cm³/mol. The van der Waals surface area contributed by atoms with Crippen molar-refractivity contribution in [3.05, 3.63) is 164 Å². The molecular weight excluding hydrogens is 674 g/mol. The lowest BCUT2D eigenvalue weighted by Crippen LogP contribution is -2.28. The van der Waals surface area contributed by atoms with Gasteiger partial charge in [0.25, 0.3) is 0 Å². The van der Waals surface area contributed by atoms with Crippen LogP contribution in [0.2, 0.25) is 0 Å². The molecule has 10 heteroatoms. The summed E-state index contributed by atoms with van der Waals surface area (Å²) in [5, 5.41) is 1.47. The average Bonchev–Trinajstić information content (AvgIpc) is 3.54. The van der Waals surface area contributed by atoms with Crippen molar-refractivity contribution in [2.45, 2.75) is 5.51 Å². The molecule has 7 aromatic carbocycles. The molecule has 1 heterocycles. The van der Waals surface area contributed by atoms with Crippen molar-refractivity contribution in [2.24, 2.45) is 0 Å². The summed E-state index contributed by atoms with van der Waals surface area (Å²) >= 11 is 0. The molecular formula is C41H27F3N2O4S. The fourth-order valence-electron chi connectivity index (χ4n) is 6.43. The molecule has 0 N–H and O–H groups in total. The van der Waals surface area contributed by atoms with E-state index < -0.39 is 21.4 Å². The number of benzene rings is 7. The lowest BCUT2D eigenvalue weighted by molar-refractivity contribution is -0.0499. The first-order chi connectivity index (χ1) is 24.7. The molecule has 8 aromatic rings. The maximum Gasteiger partial charge on any atom is 0.534 e. The third-order valence-electron chi connectivity index (χ3n) is 8.56. The normalized spacial score (nSPS) is 12.0. The minimum Gasteiger partial charge on any atom is -0.450 e. The van der Waals surface area contributed by atoms with Crippen LogP contribution in [0.25, 0.3) is 32.7 Å². The monoisotopic (exact) mass is 700 g/mol. The molecule has 8 rings (SSSR count). The summed E-state index contributed by atoms with van der Waals surface area (Å²) in [6.07, 6.45) is 0. The Morgan fingerprint density at radius 1 is 0.490 bits per heavy atom. The third-order valence-corrected chi connectivity index (χ3v) is 9.52. The molecule has 0 fully saturated rings. The van der Waals surface area contributed by atoms with E-state index in [9.17, 15) is 21.6 Å². The molecule has 0 spiro atoms. The first kappa shape index (κ1) is 32.0. The SMILES string of the molecule is O=S(=O)(Oc1c2ccccc2c(N(c2ccccc2)c2ccccc2)c2c1oc1c(N(c3ccccc3)c3ccccc3)cccc12)C(F)(F)F. The maximum atomic E-state index is 14.0. The van der Waals surface area contributed by atoms with Crippen LogP contribution in [-0.2, 0) is 10.1 Å². The highest BCUT2D eigenvalue weighted by atomic mass is 32.2. The molecule has 0 aliphatic carbocycles. The molecule has 0 saturated heterocycles. The van der Waals surface area contributed by atoms with Gasteiger partial charge in [0.05, 0.1) is 16.8 Å². The van der Waals surface area contributed by atoms with Gasteiger partial charge in [0.2, 0.25) is 0 Å². The lowest BCUT2D eigenvalue weighted by atomic mass is 9.99. The molecule has 1 aromatic heterocycles. The number of halogens is 3. The zero-order valence-corrected chi connectivity index (χ0v) is 27.5. The summed E-state index contributed by atoms with van der Waals surface area (Å²) in [4.78, 5) is 3.96. The topological polar surface area (TPSA) is 63.0 Å². The number of rotatable bonds is 8. The lowest BCUT2D eigenvalue weighted by Gasteiger charge is -2.28. The molecule has 252 valence electrons. The molecule has 0 unspecified atom stereocenters. The van der Waals surface area contributed by atoms with Gasteiger partial charge in [0, 0.05) is 38.9 Å². The Bertz CT molecular complexity index is 2540. The minimum absolute atomic E-state index is 0.119. The second-order valence-corrected chi connectivity index (χ2v) is 13.2. The van der Waals surface area contributed by atoms with Gasteiger partial charge in [-0.3, -0.25) is 0 Å². The number of alkyl halides is 3. The highest BCUT2D eigenvalue weighted by molar-refractivity contribution is 7.88. The summed E-state index contributed by atoms with van der Waals surface area (Å²) in [7, 11) is -6.11. The fourth-order valence-corrected chi connectivity index (χ4v) is 6.91. The van der Waals surface area contributed by atoms with Gasteiger partial charge < -0.3 is 18.4 Å². The van der Waals surface area contributed by atoms with E-state index in [1.54, 1.807) is 18.2 Å². The van der Waals surface area contributed by atoms with Gasteiger partial charge in [-0.15, -0.1) is 0 Å².